The van der Waals surface area contributed by atoms with Crippen LogP contribution >= 0.6 is 0 Å². The number of benzene rings is 2. The lowest BCUT2D eigenvalue weighted by atomic mass is 10.1. The predicted molar refractivity (Wildman–Crippen MR) is 137 cm³/mol. The Bertz CT molecular complexity index is 1390. The van der Waals surface area contributed by atoms with Gasteiger partial charge in [-0.2, -0.15) is 0 Å². The van der Waals surface area contributed by atoms with Crippen molar-refractivity contribution >= 4 is 16.9 Å². The van der Waals surface area contributed by atoms with E-state index in [9.17, 15) is 9.59 Å². The van der Waals surface area contributed by atoms with E-state index in [0.29, 0.717) is 24.7 Å². The summed E-state index contributed by atoms with van der Waals surface area (Å²) in [4.78, 5) is 29.5. The number of fused-ring (bicyclic) bond motifs is 1. The number of aromatic nitrogens is 2. The van der Waals surface area contributed by atoms with Crippen LogP contribution in [-0.4, -0.2) is 22.1 Å². The number of rotatable bonds is 9. The van der Waals surface area contributed by atoms with Crippen LogP contribution in [0, 0.1) is 0 Å². The highest BCUT2D eigenvalue weighted by Crippen LogP contribution is 2.27. The molecule has 0 saturated carbocycles. The second kappa shape index (κ2) is 11.0. The zero-order chi connectivity index (χ0) is 24.8. The smallest absolute Gasteiger partial charge is 0.310 e. The Morgan fingerprint density at radius 2 is 1.71 bits per heavy atom. The molecule has 0 radical (unpaired) electrons. The number of hydrogen-bond acceptors (Lipinski definition) is 5. The average Bonchev–Trinajstić information content (AvgIpc) is 2.87. The molecule has 0 saturated heterocycles. The molecule has 35 heavy (non-hydrogen) atoms. The van der Waals surface area contributed by atoms with E-state index in [1.807, 2.05) is 60.7 Å². The lowest BCUT2D eigenvalue weighted by Gasteiger charge is -2.14. The first kappa shape index (κ1) is 24.2. The molecule has 2 aromatic carbocycles. The zero-order valence-electron chi connectivity index (χ0n) is 20.4. The lowest BCUT2D eigenvalue weighted by molar-refractivity contribution is -0.142. The van der Waals surface area contributed by atoms with E-state index >= 15 is 0 Å². The first-order valence-electron chi connectivity index (χ1n) is 12.0. The van der Waals surface area contributed by atoms with Gasteiger partial charge in [-0.3, -0.25) is 14.6 Å². The number of ether oxygens (including phenoxy) is 2. The first-order chi connectivity index (χ1) is 17.0. The van der Waals surface area contributed by atoms with Gasteiger partial charge >= 0.3 is 5.97 Å². The van der Waals surface area contributed by atoms with Crippen LogP contribution in [0.1, 0.15) is 43.3 Å². The standard InChI is InChI=1S/C29H30N2O4/c1-4-22-18-26-24(25(5-2)30-22)15-16-28(32)31(26)19-20-11-13-23(14-12-20)35-27-10-8-7-9-21(27)17-29(33)34-6-3/h7-16,18H,4-6,17,19H2,1-3H3. The van der Waals surface area contributed by atoms with Crippen LogP contribution < -0.4 is 10.3 Å². The molecular weight excluding hydrogens is 440 g/mol. The third-order valence-corrected chi connectivity index (χ3v) is 5.92. The Labute approximate surface area is 205 Å². The maximum atomic E-state index is 12.8. The largest absolute Gasteiger partial charge is 0.466 e. The van der Waals surface area contributed by atoms with Crippen molar-refractivity contribution in [2.45, 2.75) is 46.6 Å². The Balaban J connectivity index is 1.58. The number of carbonyl (C=O) groups excluding carboxylic acids is 1. The number of nitrogens with zero attached hydrogens (tertiary/aromatic N) is 2. The maximum absolute atomic E-state index is 12.8. The maximum Gasteiger partial charge on any atom is 0.310 e. The summed E-state index contributed by atoms with van der Waals surface area (Å²) in [7, 11) is 0. The first-order valence-corrected chi connectivity index (χ1v) is 12.0. The number of pyridine rings is 2. The van der Waals surface area contributed by atoms with Crippen molar-refractivity contribution in [3.63, 3.8) is 0 Å². The van der Waals surface area contributed by atoms with Gasteiger partial charge in [0.05, 0.1) is 25.1 Å². The van der Waals surface area contributed by atoms with Gasteiger partial charge in [-0.1, -0.05) is 44.2 Å². The summed E-state index contributed by atoms with van der Waals surface area (Å²) in [5.41, 5.74) is 4.62. The van der Waals surface area contributed by atoms with Crippen molar-refractivity contribution in [3.05, 3.63) is 99.6 Å². The zero-order valence-corrected chi connectivity index (χ0v) is 20.4. The number of esters is 1. The van der Waals surface area contributed by atoms with E-state index in [1.165, 1.54) is 0 Å². The number of carbonyl (C=O) groups is 1. The summed E-state index contributed by atoms with van der Waals surface area (Å²) >= 11 is 0. The van der Waals surface area contributed by atoms with Crippen LogP contribution in [0.15, 0.2) is 71.5 Å². The third-order valence-electron chi connectivity index (χ3n) is 5.92. The van der Waals surface area contributed by atoms with Crippen molar-refractivity contribution in [3.8, 4) is 11.5 Å². The molecule has 6 heteroatoms. The van der Waals surface area contributed by atoms with Gasteiger partial charge in [0.2, 0.25) is 0 Å². The van der Waals surface area contributed by atoms with Gasteiger partial charge in [0.15, 0.2) is 0 Å². The fourth-order valence-corrected chi connectivity index (χ4v) is 4.12. The molecule has 2 aromatic heterocycles. The fourth-order valence-electron chi connectivity index (χ4n) is 4.12. The van der Waals surface area contributed by atoms with Crippen molar-refractivity contribution < 1.29 is 14.3 Å². The molecule has 0 aliphatic rings. The Hall–Kier alpha value is -3.93. The molecule has 0 bridgehead atoms. The van der Waals surface area contributed by atoms with Crippen LogP contribution in [0.2, 0.25) is 0 Å². The molecule has 0 unspecified atom stereocenters. The molecular formula is C29H30N2O4. The predicted octanol–water partition coefficient (Wildman–Crippen LogP) is 5.47. The van der Waals surface area contributed by atoms with Crippen molar-refractivity contribution in [2.75, 3.05) is 6.61 Å². The Morgan fingerprint density at radius 3 is 2.43 bits per heavy atom. The lowest BCUT2D eigenvalue weighted by Crippen LogP contribution is -2.20. The number of para-hydroxylation sites is 1. The van der Waals surface area contributed by atoms with Crippen LogP contribution in [0.4, 0.5) is 0 Å². The quantitative estimate of drug-likeness (QED) is 0.304. The highest BCUT2D eigenvalue weighted by molar-refractivity contribution is 5.82. The van der Waals surface area contributed by atoms with E-state index < -0.39 is 0 Å². The average molecular weight is 471 g/mol. The van der Waals surface area contributed by atoms with Gasteiger partial charge in [0.25, 0.3) is 5.56 Å². The molecule has 6 nitrogen and oxygen atoms in total. The molecule has 0 atom stereocenters. The van der Waals surface area contributed by atoms with E-state index in [-0.39, 0.29) is 17.9 Å². The molecule has 0 aliphatic carbocycles. The summed E-state index contributed by atoms with van der Waals surface area (Å²) in [5.74, 6) is 0.985. The Morgan fingerprint density at radius 1 is 0.943 bits per heavy atom. The molecule has 0 N–H and O–H groups in total. The van der Waals surface area contributed by atoms with Crippen molar-refractivity contribution in [1.29, 1.82) is 0 Å². The minimum atomic E-state index is -0.285. The molecule has 0 aliphatic heterocycles. The van der Waals surface area contributed by atoms with E-state index in [1.54, 1.807) is 17.6 Å². The van der Waals surface area contributed by atoms with Crippen molar-refractivity contribution in [1.82, 2.24) is 9.55 Å². The van der Waals surface area contributed by atoms with Crippen molar-refractivity contribution in [2.24, 2.45) is 0 Å². The summed E-state index contributed by atoms with van der Waals surface area (Å²) < 4.78 is 12.9. The highest BCUT2D eigenvalue weighted by Gasteiger charge is 2.12. The highest BCUT2D eigenvalue weighted by atomic mass is 16.5. The van der Waals surface area contributed by atoms with Crippen LogP contribution in [-0.2, 0) is 35.3 Å². The third kappa shape index (κ3) is 5.60. The normalized spacial score (nSPS) is 10.9. The summed E-state index contributed by atoms with van der Waals surface area (Å²) in [6, 6.07) is 20.6. The SMILES string of the molecule is CCOC(=O)Cc1ccccc1Oc1ccc(Cn2c(=O)ccc3c(CC)nc(CC)cc32)cc1. The van der Waals surface area contributed by atoms with E-state index in [2.05, 4.69) is 13.8 Å². The Kier molecular flexibility index (Phi) is 7.60. The molecule has 4 rings (SSSR count). The van der Waals surface area contributed by atoms with E-state index in [0.717, 1.165) is 46.3 Å². The summed E-state index contributed by atoms with van der Waals surface area (Å²) in [6.07, 6.45) is 1.78. The van der Waals surface area contributed by atoms with Gasteiger partial charge in [0.1, 0.15) is 11.5 Å². The minimum absolute atomic E-state index is 0.0407. The second-order valence-corrected chi connectivity index (χ2v) is 8.29. The molecule has 4 aromatic rings. The van der Waals surface area contributed by atoms with E-state index in [4.69, 9.17) is 14.5 Å². The van der Waals surface area contributed by atoms with Gasteiger partial charge in [-0.15, -0.1) is 0 Å². The minimum Gasteiger partial charge on any atom is -0.466 e. The molecule has 0 amide bonds. The van der Waals surface area contributed by atoms with Gasteiger partial charge in [0, 0.05) is 28.4 Å². The molecule has 0 fully saturated rings. The van der Waals surface area contributed by atoms with Crippen LogP contribution in [0.25, 0.3) is 10.9 Å². The fraction of sp³-hybridized carbons (Fsp3) is 0.276. The van der Waals surface area contributed by atoms with Gasteiger partial charge in [-0.05, 0) is 55.7 Å². The molecule has 2 heterocycles. The summed E-state index contributed by atoms with van der Waals surface area (Å²) in [6.45, 7) is 6.74. The van der Waals surface area contributed by atoms with Crippen LogP contribution in [0.5, 0.6) is 11.5 Å². The van der Waals surface area contributed by atoms with Gasteiger partial charge < -0.3 is 14.0 Å². The summed E-state index contributed by atoms with van der Waals surface area (Å²) in [5, 5.41) is 1.02. The second-order valence-electron chi connectivity index (χ2n) is 8.29. The molecule has 180 valence electrons. The number of hydrogen-bond donors (Lipinski definition) is 0. The number of aryl methyl sites for hydroxylation is 2. The van der Waals surface area contributed by atoms with Gasteiger partial charge in [-0.25, -0.2) is 0 Å². The van der Waals surface area contributed by atoms with Crippen LogP contribution in [0.3, 0.4) is 0 Å². The monoisotopic (exact) mass is 470 g/mol. The molecule has 0 spiro atoms. The topological polar surface area (TPSA) is 70.4 Å².